The Morgan fingerprint density at radius 2 is 2.10 bits per heavy atom. The molecule has 0 unspecified atom stereocenters. The minimum Gasteiger partial charge on any atom is -0.419 e. The number of esters is 1. The molecule has 1 aliphatic heterocycles. The Morgan fingerprint density at radius 1 is 1.50 bits per heavy atom. The quantitative estimate of drug-likeness (QED) is 0.560. The summed E-state index contributed by atoms with van der Waals surface area (Å²) in [6.45, 7) is 0. The number of carbonyl (C=O) groups excluding carboxylic acids is 1. The fraction of sp³-hybridized carbons (Fsp3) is 0. The maximum Gasteiger partial charge on any atom is 0.337 e. The molecule has 10 heavy (non-hydrogen) atoms. The van der Waals surface area contributed by atoms with E-state index in [1.165, 1.54) is 0 Å². The summed E-state index contributed by atoms with van der Waals surface area (Å²) in [6, 6.07) is 0. The van der Waals surface area contributed by atoms with E-state index in [2.05, 4.69) is 4.74 Å². The highest BCUT2D eigenvalue weighted by atomic mass is 35.5. The number of cyclic esters (lactones) is 1. The van der Waals surface area contributed by atoms with E-state index in [4.69, 9.17) is 34.8 Å². The average molecular weight is 199 g/mol. The fourth-order valence-electron chi connectivity index (χ4n) is 0.477. The van der Waals surface area contributed by atoms with Crippen molar-refractivity contribution in [3.05, 3.63) is 21.4 Å². The second-order valence-electron chi connectivity index (χ2n) is 1.50. The van der Waals surface area contributed by atoms with Crippen molar-refractivity contribution < 1.29 is 9.53 Å². The van der Waals surface area contributed by atoms with Crippen LogP contribution in [0.5, 0.6) is 0 Å². The van der Waals surface area contributed by atoms with Gasteiger partial charge in [0.1, 0.15) is 0 Å². The Kier molecular flexibility index (Phi) is 2.24. The summed E-state index contributed by atoms with van der Waals surface area (Å²) in [6.07, 6.45) is 1.10. The third-order valence-electron chi connectivity index (χ3n) is 0.836. The highest BCUT2D eigenvalue weighted by Crippen LogP contribution is 2.29. The van der Waals surface area contributed by atoms with Crippen LogP contribution in [-0.4, -0.2) is 5.97 Å². The summed E-state index contributed by atoms with van der Waals surface area (Å²) in [5.41, 5.74) is 0. The molecule has 0 spiro atoms. The van der Waals surface area contributed by atoms with Gasteiger partial charge in [0.05, 0.1) is 5.03 Å². The van der Waals surface area contributed by atoms with Crippen molar-refractivity contribution in [3.8, 4) is 0 Å². The molecule has 0 aromatic heterocycles. The van der Waals surface area contributed by atoms with E-state index in [-0.39, 0.29) is 15.3 Å². The van der Waals surface area contributed by atoms with Gasteiger partial charge in [0.25, 0.3) is 0 Å². The highest BCUT2D eigenvalue weighted by Gasteiger charge is 2.20. The third-order valence-corrected chi connectivity index (χ3v) is 1.46. The van der Waals surface area contributed by atoms with Crippen LogP contribution >= 0.6 is 34.8 Å². The molecule has 1 heterocycles. The summed E-state index contributed by atoms with van der Waals surface area (Å²) in [7, 11) is 0. The molecular weight excluding hydrogens is 198 g/mol. The Hall–Kier alpha value is -0.180. The largest absolute Gasteiger partial charge is 0.419 e. The van der Waals surface area contributed by atoms with Crippen LogP contribution in [0.1, 0.15) is 0 Å². The molecular formula is C5HCl3O2. The third kappa shape index (κ3) is 1.45. The van der Waals surface area contributed by atoms with Gasteiger partial charge in [-0.05, 0) is 0 Å². The summed E-state index contributed by atoms with van der Waals surface area (Å²) >= 11 is 16.0. The van der Waals surface area contributed by atoms with E-state index >= 15 is 0 Å². The van der Waals surface area contributed by atoms with Crippen LogP contribution < -0.4 is 0 Å². The molecule has 1 rings (SSSR count). The molecule has 0 saturated heterocycles. The predicted octanol–water partition coefficient (Wildman–Crippen LogP) is 2.31. The lowest BCUT2D eigenvalue weighted by Gasteiger charge is -1.95. The van der Waals surface area contributed by atoms with Gasteiger partial charge in [-0.15, -0.1) is 0 Å². The first-order valence-electron chi connectivity index (χ1n) is 2.26. The molecule has 54 valence electrons. The summed E-state index contributed by atoms with van der Waals surface area (Å²) in [5.74, 6) is -0.534. The smallest absolute Gasteiger partial charge is 0.337 e. The zero-order chi connectivity index (χ0) is 7.72. The Labute approximate surface area is 72.0 Å². The first-order valence-corrected chi connectivity index (χ1v) is 3.39. The molecule has 0 aromatic rings. The van der Waals surface area contributed by atoms with E-state index in [0.717, 1.165) is 6.08 Å². The topological polar surface area (TPSA) is 26.3 Å². The molecule has 0 aromatic carbocycles. The lowest BCUT2D eigenvalue weighted by atomic mass is 10.5. The SMILES string of the molecule is O=C1C=C(Cl)C(=C(Cl)Cl)O1. The van der Waals surface area contributed by atoms with Gasteiger partial charge < -0.3 is 4.74 Å². The van der Waals surface area contributed by atoms with Crippen LogP contribution in [0.2, 0.25) is 0 Å². The molecule has 0 radical (unpaired) electrons. The summed E-state index contributed by atoms with van der Waals surface area (Å²) < 4.78 is 4.34. The van der Waals surface area contributed by atoms with Gasteiger partial charge in [0.15, 0.2) is 10.3 Å². The van der Waals surface area contributed by atoms with Crippen LogP contribution in [0.3, 0.4) is 0 Å². The van der Waals surface area contributed by atoms with Gasteiger partial charge >= 0.3 is 5.97 Å². The monoisotopic (exact) mass is 198 g/mol. The number of ether oxygens (including phenoxy) is 1. The number of rotatable bonds is 0. The minimum absolute atomic E-state index is 0.0231. The average Bonchev–Trinajstić information content (AvgIpc) is 2.10. The number of hydrogen-bond donors (Lipinski definition) is 0. The van der Waals surface area contributed by atoms with Gasteiger partial charge in [-0.2, -0.15) is 0 Å². The molecule has 2 nitrogen and oxygen atoms in total. The van der Waals surface area contributed by atoms with Crippen LogP contribution in [0.25, 0.3) is 0 Å². The van der Waals surface area contributed by atoms with Gasteiger partial charge in [-0.25, -0.2) is 4.79 Å². The van der Waals surface area contributed by atoms with Crippen molar-refractivity contribution in [1.82, 2.24) is 0 Å². The fourth-order valence-corrected chi connectivity index (χ4v) is 1.08. The van der Waals surface area contributed by atoms with Crippen LogP contribution in [0, 0.1) is 0 Å². The van der Waals surface area contributed by atoms with Gasteiger partial charge in [-0.3, -0.25) is 0 Å². The zero-order valence-corrected chi connectivity index (χ0v) is 6.80. The first kappa shape index (κ1) is 7.92. The van der Waals surface area contributed by atoms with Crippen molar-refractivity contribution in [1.29, 1.82) is 0 Å². The van der Waals surface area contributed by atoms with Gasteiger partial charge in [0, 0.05) is 6.08 Å². The Morgan fingerprint density at radius 3 is 2.30 bits per heavy atom. The maximum atomic E-state index is 10.4. The summed E-state index contributed by atoms with van der Waals surface area (Å²) in [5, 5.41) is 0.130. The molecule has 0 fully saturated rings. The molecule has 5 heteroatoms. The van der Waals surface area contributed by atoms with Crippen molar-refractivity contribution in [2.45, 2.75) is 0 Å². The Bertz CT molecular complexity index is 237. The van der Waals surface area contributed by atoms with Crippen molar-refractivity contribution in [2.24, 2.45) is 0 Å². The van der Waals surface area contributed by atoms with Crippen molar-refractivity contribution >= 4 is 40.8 Å². The van der Waals surface area contributed by atoms with E-state index in [9.17, 15) is 4.79 Å². The lowest BCUT2D eigenvalue weighted by Crippen LogP contribution is -1.90. The van der Waals surface area contributed by atoms with Gasteiger partial charge in [0.2, 0.25) is 0 Å². The first-order chi connectivity index (χ1) is 4.61. The second-order valence-corrected chi connectivity index (χ2v) is 2.86. The van der Waals surface area contributed by atoms with Gasteiger partial charge in [-0.1, -0.05) is 34.8 Å². The van der Waals surface area contributed by atoms with Crippen LogP contribution in [0.15, 0.2) is 21.4 Å². The van der Waals surface area contributed by atoms with E-state index < -0.39 is 5.97 Å². The van der Waals surface area contributed by atoms with E-state index in [0.29, 0.717) is 0 Å². The van der Waals surface area contributed by atoms with Crippen LogP contribution in [0.4, 0.5) is 0 Å². The predicted molar refractivity (Wildman–Crippen MR) is 38.8 cm³/mol. The summed E-state index contributed by atoms with van der Waals surface area (Å²) in [4.78, 5) is 10.4. The Balaban J connectivity index is 2.99. The lowest BCUT2D eigenvalue weighted by molar-refractivity contribution is -0.132. The number of hydrogen-bond acceptors (Lipinski definition) is 2. The standard InChI is InChI=1S/C5HCl3O2/c6-2-1-3(9)10-4(2)5(7)8/h1H. The normalized spacial score (nSPS) is 16.9. The molecule has 1 aliphatic rings. The molecule has 0 bridgehead atoms. The van der Waals surface area contributed by atoms with E-state index in [1.807, 2.05) is 0 Å². The number of carbonyl (C=O) groups is 1. The molecule has 0 N–H and O–H groups in total. The molecule has 0 aliphatic carbocycles. The molecule has 0 atom stereocenters. The minimum atomic E-state index is -0.557. The molecule has 0 saturated carbocycles. The number of allylic oxidation sites excluding steroid dienone is 1. The van der Waals surface area contributed by atoms with Crippen LogP contribution in [-0.2, 0) is 9.53 Å². The van der Waals surface area contributed by atoms with E-state index in [1.54, 1.807) is 0 Å². The maximum absolute atomic E-state index is 10.4. The zero-order valence-electron chi connectivity index (χ0n) is 4.53. The van der Waals surface area contributed by atoms with Crippen molar-refractivity contribution in [3.63, 3.8) is 0 Å². The molecule has 0 amide bonds. The number of halogens is 3. The highest BCUT2D eigenvalue weighted by molar-refractivity contribution is 6.57. The second kappa shape index (κ2) is 2.82. The van der Waals surface area contributed by atoms with Crippen molar-refractivity contribution in [2.75, 3.05) is 0 Å².